The summed E-state index contributed by atoms with van der Waals surface area (Å²) >= 11 is 5.92. The summed E-state index contributed by atoms with van der Waals surface area (Å²) in [6.45, 7) is 0.470. The van der Waals surface area contributed by atoms with E-state index in [2.05, 4.69) is 10.6 Å². The second-order valence-corrected chi connectivity index (χ2v) is 4.55. The molecular weight excluding hydrogens is 276 g/mol. The summed E-state index contributed by atoms with van der Waals surface area (Å²) < 4.78 is 5.09. The maximum atomic E-state index is 11.8. The van der Waals surface area contributed by atoms with Gasteiger partial charge in [0.25, 0.3) is 0 Å². The Morgan fingerprint density at radius 2 is 1.95 bits per heavy atom. The third-order valence-electron chi connectivity index (χ3n) is 2.70. The Morgan fingerprint density at radius 1 is 1.20 bits per heavy atom. The Labute approximate surface area is 122 Å². The first kappa shape index (κ1) is 14.2. The minimum Gasteiger partial charge on any atom is -0.495 e. The van der Waals surface area contributed by atoms with Crippen LogP contribution in [0.25, 0.3) is 0 Å². The molecule has 0 aliphatic heterocycles. The molecule has 2 aromatic carbocycles. The summed E-state index contributed by atoms with van der Waals surface area (Å²) in [5, 5.41) is 6.00. The summed E-state index contributed by atoms with van der Waals surface area (Å²) in [4.78, 5) is 11.8. The molecule has 2 aromatic rings. The number of urea groups is 1. The van der Waals surface area contributed by atoms with Gasteiger partial charge in [-0.25, -0.2) is 4.79 Å². The van der Waals surface area contributed by atoms with Gasteiger partial charge in [0.2, 0.25) is 0 Å². The van der Waals surface area contributed by atoms with Crippen LogP contribution < -0.4 is 15.4 Å². The van der Waals surface area contributed by atoms with Crippen LogP contribution in [0.1, 0.15) is 5.56 Å². The number of ether oxygens (including phenoxy) is 1. The van der Waals surface area contributed by atoms with Gasteiger partial charge in [-0.2, -0.15) is 0 Å². The van der Waals surface area contributed by atoms with Crippen molar-refractivity contribution >= 4 is 23.3 Å². The first-order valence-corrected chi connectivity index (χ1v) is 6.49. The smallest absolute Gasteiger partial charge is 0.319 e. The minimum absolute atomic E-state index is 0.279. The number of anilines is 1. The number of halogens is 1. The van der Waals surface area contributed by atoms with Crippen LogP contribution in [0.4, 0.5) is 10.5 Å². The standard InChI is InChI=1S/C15H15ClN2O2/c1-20-14-9-12(7-8-13(14)16)18-15(19)17-10-11-5-3-2-4-6-11/h2-9H,10H2,1H3,(H2,17,18,19). The van der Waals surface area contributed by atoms with Gasteiger partial charge in [-0.3, -0.25) is 0 Å². The van der Waals surface area contributed by atoms with E-state index in [1.54, 1.807) is 18.2 Å². The molecule has 4 nitrogen and oxygen atoms in total. The van der Waals surface area contributed by atoms with Gasteiger partial charge in [0.05, 0.1) is 12.1 Å². The molecule has 0 aliphatic carbocycles. The fourth-order valence-electron chi connectivity index (χ4n) is 1.69. The molecule has 20 heavy (non-hydrogen) atoms. The minimum atomic E-state index is -0.279. The van der Waals surface area contributed by atoms with Crippen molar-refractivity contribution in [1.82, 2.24) is 5.32 Å². The van der Waals surface area contributed by atoms with E-state index in [9.17, 15) is 4.79 Å². The lowest BCUT2D eigenvalue weighted by Gasteiger charge is -2.09. The van der Waals surface area contributed by atoms with Crippen molar-refractivity contribution in [2.45, 2.75) is 6.54 Å². The largest absolute Gasteiger partial charge is 0.495 e. The van der Waals surface area contributed by atoms with Gasteiger partial charge in [-0.15, -0.1) is 0 Å². The molecule has 104 valence electrons. The van der Waals surface area contributed by atoms with Crippen molar-refractivity contribution in [3.05, 3.63) is 59.1 Å². The molecule has 2 amide bonds. The molecule has 0 atom stereocenters. The average Bonchev–Trinajstić information content (AvgIpc) is 2.48. The van der Waals surface area contributed by atoms with Crippen LogP contribution in [0.15, 0.2) is 48.5 Å². The lowest BCUT2D eigenvalue weighted by atomic mass is 10.2. The zero-order valence-electron chi connectivity index (χ0n) is 11.0. The van der Waals surface area contributed by atoms with Crippen LogP contribution in [0.5, 0.6) is 5.75 Å². The second kappa shape index (κ2) is 6.82. The molecule has 0 fully saturated rings. The van der Waals surface area contributed by atoms with E-state index < -0.39 is 0 Å². The van der Waals surface area contributed by atoms with E-state index in [1.165, 1.54) is 7.11 Å². The summed E-state index contributed by atoms with van der Waals surface area (Å²) in [6.07, 6.45) is 0. The Kier molecular flexibility index (Phi) is 4.85. The molecule has 0 heterocycles. The van der Waals surface area contributed by atoms with Crippen LogP contribution in [-0.2, 0) is 6.54 Å². The fraction of sp³-hybridized carbons (Fsp3) is 0.133. The van der Waals surface area contributed by atoms with Crippen LogP contribution >= 0.6 is 11.6 Å². The predicted octanol–water partition coefficient (Wildman–Crippen LogP) is 3.67. The van der Waals surface area contributed by atoms with Crippen molar-refractivity contribution in [3.8, 4) is 5.75 Å². The van der Waals surface area contributed by atoms with Crippen LogP contribution in [0, 0.1) is 0 Å². The molecule has 0 bridgehead atoms. The Balaban J connectivity index is 1.91. The van der Waals surface area contributed by atoms with Crippen molar-refractivity contribution in [2.75, 3.05) is 12.4 Å². The highest BCUT2D eigenvalue weighted by Crippen LogP contribution is 2.27. The third-order valence-corrected chi connectivity index (χ3v) is 3.02. The molecule has 0 aromatic heterocycles. The Hall–Kier alpha value is -2.20. The number of amides is 2. The molecule has 2 N–H and O–H groups in total. The van der Waals surface area contributed by atoms with E-state index in [-0.39, 0.29) is 6.03 Å². The van der Waals surface area contributed by atoms with Gasteiger partial charge < -0.3 is 15.4 Å². The van der Waals surface area contributed by atoms with Gasteiger partial charge in [0.15, 0.2) is 0 Å². The molecule has 0 unspecified atom stereocenters. The van der Waals surface area contributed by atoms with Gasteiger partial charge in [-0.1, -0.05) is 41.9 Å². The molecular formula is C15H15ClN2O2. The molecule has 0 spiro atoms. The van der Waals surface area contributed by atoms with Crippen molar-refractivity contribution in [1.29, 1.82) is 0 Å². The normalized spacial score (nSPS) is 9.90. The van der Waals surface area contributed by atoms with Crippen molar-refractivity contribution in [2.24, 2.45) is 0 Å². The SMILES string of the molecule is COc1cc(NC(=O)NCc2ccccc2)ccc1Cl. The first-order chi connectivity index (χ1) is 9.69. The van der Waals surface area contributed by atoms with E-state index in [0.717, 1.165) is 5.56 Å². The Bertz CT molecular complexity index is 588. The first-order valence-electron chi connectivity index (χ1n) is 6.11. The van der Waals surface area contributed by atoms with E-state index in [1.807, 2.05) is 30.3 Å². The molecule has 0 radical (unpaired) electrons. The maximum Gasteiger partial charge on any atom is 0.319 e. The lowest BCUT2D eigenvalue weighted by Crippen LogP contribution is -2.28. The summed E-state index contributed by atoms with van der Waals surface area (Å²) in [7, 11) is 1.53. The average molecular weight is 291 g/mol. The zero-order chi connectivity index (χ0) is 14.4. The zero-order valence-corrected chi connectivity index (χ0v) is 11.8. The number of rotatable bonds is 4. The number of nitrogens with one attached hydrogen (secondary N) is 2. The molecule has 0 saturated carbocycles. The van der Waals surface area contributed by atoms with Gasteiger partial charge >= 0.3 is 6.03 Å². The number of carbonyl (C=O) groups excluding carboxylic acids is 1. The molecule has 2 rings (SSSR count). The number of hydrogen-bond donors (Lipinski definition) is 2. The summed E-state index contributed by atoms with van der Waals surface area (Å²) in [5.74, 6) is 0.521. The van der Waals surface area contributed by atoms with Crippen LogP contribution in [0.3, 0.4) is 0 Å². The molecule has 0 saturated heterocycles. The van der Waals surface area contributed by atoms with Gasteiger partial charge in [0, 0.05) is 18.3 Å². The fourth-order valence-corrected chi connectivity index (χ4v) is 1.89. The third kappa shape index (κ3) is 3.90. The van der Waals surface area contributed by atoms with Crippen molar-refractivity contribution < 1.29 is 9.53 Å². The number of hydrogen-bond acceptors (Lipinski definition) is 2. The number of methoxy groups -OCH3 is 1. The number of carbonyl (C=O) groups is 1. The quantitative estimate of drug-likeness (QED) is 0.902. The maximum absolute atomic E-state index is 11.8. The van der Waals surface area contributed by atoms with Crippen LogP contribution in [0.2, 0.25) is 5.02 Å². The monoisotopic (exact) mass is 290 g/mol. The van der Waals surface area contributed by atoms with Crippen LogP contribution in [-0.4, -0.2) is 13.1 Å². The summed E-state index contributed by atoms with van der Waals surface area (Å²) in [5.41, 5.74) is 1.66. The van der Waals surface area contributed by atoms with Gasteiger partial charge in [-0.05, 0) is 17.7 Å². The topological polar surface area (TPSA) is 50.4 Å². The van der Waals surface area contributed by atoms with E-state index in [4.69, 9.17) is 16.3 Å². The van der Waals surface area contributed by atoms with Crippen molar-refractivity contribution in [3.63, 3.8) is 0 Å². The van der Waals surface area contributed by atoms with E-state index >= 15 is 0 Å². The highest BCUT2D eigenvalue weighted by Gasteiger charge is 2.05. The lowest BCUT2D eigenvalue weighted by molar-refractivity contribution is 0.251. The Morgan fingerprint density at radius 3 is 2.65 bits per heavy atom. The number of benzene rings is 2. The second-order valence-electron chi connectivity index (χ2n) is 4.14. The summed E-state index contributed by atoms with van der Waals surface area (Å²) in [6, 6.07) is 14.5. The highest BCUT2D eigenvalue weighted by atomic mass is 35.5. The highest BCUT2D eigenvalue weighted by molar-refractivity contribution is 6.32. The van der Waals surface area contributed by atoms with E-state index in [0.29, 0.717) is 23.0 Å². The molecule has 0 aliphatic rings. The van der Waals surface area contributed by atoms with Gasteiger partial charge in [0.1, 0.15) is 5.75 Å². The predicted molar refractivity (Wildman–Crippen MR) is 80.3 cm³/mol. The molecule has 5 heteroatoms.